The summed E-state index contributed by atoms with van der Waals surface area (Å²) < 4.78 is 12.4. The molecule has 0 saturated carbocycles. The minimum Gasteiger partial charge on any atom is -0.310 e. The van der Waals surface area contributed by atoms with Crippen molar-refractivity contribution >= 4 is 0 Å². The van der Waals surface area contributed by atoms with Gasteiger partial charge in [-0.05, 0) is 24.6 Å². The Morgan fingerprint density at radius 2 is 2.07 bits per heavy atom. The lowest BCUT2D eigenvalue weighted by Crippen LogP contribution is -2.21. The van der Waals surface area contributed by atoms with Crippen LogP contribution in [0.25, 0.3) is 0 Å². The minimum absolute atomic E-state index is 0.386. The molecule has 74 valence electrons. The summed E-state index contributed by atoms with van der Waals surface area (Å²) in [5.74, 6) is 2.55. The highest BCUT2D eigenvalue weighted by Crippen LogP contribution is 2.02. The molecule has 1 nitrogen and oxygen atoms in total. The number of hydrogen-bond acceptors (Lipinski definition) is 1. The molecule has 0 aliphatic carbocycles. The van der Waals surface area contributed by atoms with Gasteiger partial charge in [0.25, 0.3) is 0 Å². The van der Waals surface area contributed by atoms with Gasteiger partial charge in [-0.25, -0.2) is 4.39 Å². The molecule has 0 heterocycles. The van der Waals surface area contributed by atoms with Crippen molar-refractivity contribution in [2.45, 2.75) is 19.6 Å². The maximum Gasteiger partial charge on any atom is 0.110 e. The summed E-state index contributed by atoms with van der Waals surface area (Å²) in [5.41, 5.74) is 1.98. The largest absolute Gasteiger partial charge is 0.310 e. The third-order valence-electron chi connectivity index (χ3n) is 1.88. The molecule has 1 aromatic rings. The van der Waals surface area contributed by atoms with Crippen molar-refractivity contribution in [3.05, 3.63) is 35.4 Å². The first-order valence-electron chi connectivity index (χ1n) is 4.62. The Hall–Kier alpha value is -1.33. The van der Waals surface area contributed by atoms with Crippen LogP contribution in [0.2, 0.25) is 0 Å². The second-order valence-corrected chi connectivity index (χ2v) is 3.25. The van der Waals surface area contributed by atoms with E-state index in [1.54, 1.807) is 0 Å². The number of alkyl halides is 1. The average molecular weight is 191 g/mol. The van der Waals surface area contributed by atoms with Gasteiger partial charge < -0.3 is 5.32 Å². The second-order valence-electron chi connectivity index (χ2n) is 3.25. The van der Waals surface area contributed by atoms with Crippen LogP contribution in [0.4, 0.5) is 4.39 Å². The lowest BCUT2D eigenvalue weighted by Gasteiger charge is -2.05. The van der Waals surface area contributed by atoms with Crippen molar-refractivity contribution in [2.75, 3.05) is 6.54 Å². The van der Waals surface area contributed by atoms with Crippen molar-refractivity contribution in [3.63, 3.8) is 0 Å². The lowest BCUT2D eigenvalue weighted by molar-refractivity contribution is 0.344. The molecule has 2 heteroatoms. The van der Waals surface area contributed by atoms with Crippen molar-refractivity contribution in [1.82, 2.24) is 5.32 Å². The van der Waals surface area contributed by atoms with Gasteiger partial charge in [-0.2, -0.15) is 0 Å². The van der Waals surface area contributed by atoms with E-state index < -0.39 is 6.17 Å². The summed E-state index contributed by atoms with van der Waals surface area (Å²) in [6.45, 7) is 2.60. The number of hydrogen-bond donors (Lipinski definition) is 1. The molecule has 0 spiro atoms. The van der Waals surface area contributed by atoms with Crippen molar-refractivity contribution in [3.8, 4) is 12.3 Å². The van der Waals surface area contributed by atoms with Gasteiger partial charge in [0.15, 0.2) is 0 Å². The van der Waals surface area contributed by atoms with E-state index in [9.17, 15) is 4.39 Å². The van der Waals surface area contributed by atoms with Crippen LogP contribution in [0.15, 0.2) is 24.3 Å². The average Bonchev–Trinajstić information content (AvgIpc) is 2.18. The van der Waals surface area contributed by atoms with E-state index in [0.29, 0.717) is 13.1 Å². The highest BCUT2D eigenvalue weighted by atomic mass is 19.1. The summed E-state index contributed by atoms with van der Waals surface area (Å²) in [6.07, 6.45) is 4.42. The standard InChI is InChI=1S/C12H14FN/c1-3-11-4-6-12(7-5-11)9-14-8-10(2)13/h1,4-7,10,14H,8-9H2,2H3. The van der Waals surface area contributed by atoms with E-state index in [2.05, 4.69) is 11.2 Å². The number of rotatable bonds is 4. The fourth-order valence-electron chi connectivity index (χ4n) is 1.13. The normalized spacial score (nSPS) is 12.1. The monoisotopic (exact) mass is 191 g/mol. The number of terminal acetylenes is 1. The third kappa shape index (κ3) is 3.59. The van der Waals surface area contributed by atoms with Gasteiger partial charge in [-0.1, -0.05) is 18.1 Å². The Kier molecular flexibility index (Phi) is 4.15. The first-order valence-corrected chi connectivity index (χ1v) is 4.62. The Bertz CT molecular complexity index is 308. The zero-order valence-electron chi connectivity index (χ0n) is 8.26. The molecular formula is C12H14FN. The zero-order chi connectivity index (χ0) is 10.4. The highest BCUT2D eigenvalue weighted by Gasteiger charge is 1.97. The molecule has 14 heavy (non-hydrogen) atoms. The smallest absolute Gasteiger partial charge is 0.110 e. The number of halogens is 1. The van der Waals surface area contributed by atoms with Crippen LogP contribution >= 0.6 is 0 Å². The second kappa shape index (κ2) is 5.41. The molecule has 1 rings (SSSR count). The first kappa shape index (κ1) is 10.7. The Morgan fingerprint density at radius 3 is 2.57 bits per heavy atom. The number of benzene rings is 1. The molecule has 0 radical (unpaired) electrons. The highest BCUT2D eigenvalue weighted by molar-refractivity contribution is 5.34. The quantitative estimate of drug-likeness (QED) is 0.719. The topological polar surface area (TPSA) is 12.0 Å². The molecule has 1 N–H and O–H groups in total. The molecule has 0 aliphatic heterocycles. The Labute approximate surface area is 84.3 Å². The summed E-state index contributed by atoms with van der Waals surface area (Å²) in [6, 6.07) is 7.67. The van der Waals surface area contributed by atoms with Gasteiger partial charge in [0.1, 0.15) is 6.17 Å². The minimum atomic E-state index is -0.806. The molecule has 1 atom stereocenters. The molecule has 1 unspecified atom stereocenters. The molecule has 1 aromatic carbocycles. The van der Waals surface area contributed by atoms with Crippen LogP contribution in [-0.4, -0.2) is 12.7 Å². The van der Waals surface area contributed by atoms with E-state index in [-0.39, 0.29) is 0 Å². The summed E-state index contributed by atoms with van der Waals surface area (Å²) >= 11 is 0. The molecule has 0 bridgehead atoms. The van der Waals surface area contributed by atoms with E-state index in [0.717, 1.165) is 11.1 Å². The van der Waals surface area contributed by atoms with Crippen LogP contribution in [0.5, 0.6) is 0 Å². The fourth-order valence-corrected chi connectivity index (χ4v) is 1.13. The van der Waals surface area contributed by atoms with Gasteiger partial charge >= 0.3 is 0 Å². The third-order valence-corrected chi connectivity index (χ3v) is 1.88. The SMILES string of the molecule is C#Cc1ccc(CNCC(C)F)cc1. The van der Waals surface area contributed by atoms with Crippen LogP contribution < -0.4 is 5.32 Å². The van der Waals surface area contributed by atoms with Crippen LogP contribution in [0.1, 0.15) is 18.1 Å². The van der Waals surface area contributed by atoms with Crippen LogP contribution in [0.3, 0.4) is 0 Å². The zero-order valence-corrected chi connectivity index (χ0v) is 8.26. The summed E-state index contributed by atoms with van der Waals surface area (Å²) in [4.78, 5) is 0. The fraction of sp³-hybridized carbons (Fsp3) is 0.333. The molecule has 0 amide bonds. The maximum atomic E-state index is 12.4. The Balaban J connectivity index is 2.41. The van der Waals surface area contributed by atoms with Gasteiger partial charge in [0.05, 0.1) is 0 Å². The summed E-state index contributed by atoms with van der Waals surface area (Å²) in [7, 11) is 0. The van der Waals surface area contributed by atoms with Gasteiger partial charge in [-0.3, -0.25) is 0 Å². The molecule has 0 aliphatic rings. The van der Waals surface area contributed by atoms with Crippen LogP contribution in [0, 0.1) is 12.3 Å². The molecule has 0 fully saturated rings. The van der Waals surface area contributed by atoms with Gasteiger partial charge in [0.2, 0.25) is 0 Å². The van der Waals surface area contributed by atoms with Crippen molar-refractivity contribution < 1.29 is 4.39 Å². The van der Waals surface area contributed by atoms with E-state index in [1.807, 2.05) is 24.3 Å². The van der Waals surface area contributed by atoms with Gasteiger partial charge in [0, 0.05) is 18.7 Å². The summed E-state index contributed by atoms with van der Waals surface area (Å²) in [5, 5.41) is 3.01. The van der Waals surface area contributed by atoms with E-state index >= 15 is 0 Å². The molecule has 0 aromatic heterocycles. The molecular weight excluding hydrogens is 177 g/mol. The number of nitrogens with one attached hydrogen (secondary N) is 1. The van der Waals surface area contributed by atoms with Crippen molar-refractivity contribution in [2.24, 2.45) is 0 Å². The maximum absolute atomic E-state index is 12.4. The van der Waals surface area contributed by atoms with E-state index in [4.69, 9.17) is 6.42 Å². The predicted molar refractivity (Wildman–Crippen MR) is 56.7 cm³/mol. The predicted octanol–water partition coefficient (Wildman–Crippen LogP) is 2.12. The Morgan fingerprint density at radius 1 is 1.43 bits per heavy atom. The van der Waals surface area contributed by atoms with Gasteiger partial charge in [-0.15, -0.1) is 6.42 Å². The van der Waals surface area contributed by atoms with Crippen molar-refractivity contribution in [1.29, 1.82) is 0 Å². The molecule has 0 saturated heterocycles. The van der Waals surface area contributed by atoms with Crippen LogP contribution in [-0.2, 0) is 6.54 Å². The first-order chi connectivity index (χ1) is 6.72. The lowest BCUT2D eigenvalue weighted by atomic mass is 10.1. The van der Waals surface area contributed by atoms with E-state index in [1.165, 1.54) is 6.92 Å².